The molecule has 26 heavy (non-hydrogen) atoms. The number of carbonyl (C=O) groups excluding carboxylic acids is 2. The SMILES string of the molecule is CCc1ccc(C2CC(=O)NC[C@H]2NC(=O)Nc2ccc(Cl)cc2)cc1. The summed E-state index contributed by atoms with van der Waals surface area (Å²) in [5.41, 5.74) is 2.98. The maximum Gasteiger partial charge on any atom is 0.319 e. The summed E-state index contributed by atoms with van der Waals surface area (Å²) in [6.45, 7) is 2.52. The van der Waals surface area contributed by atoms with Crippen LogP contribution in [-0.4, -0.2) is 24.5 Å². The molecule has 0 aromatic heterocycles. The molecular formula is C20H22ClN3O2. The first-order chi connectivity index (χ1) is 12.5. The number of anilines is 1. The van der Waals surface area contributed by atoms with Crippen LogP contribution >= 0.6 is 11.6 Å². The Morgan fingerprint density at radius 3 is 2.50 bits per heavy atom. The molecule has 1 unspecified atom stereocenters. The molecule has 136 valence electrons. The lowest BCUT2D eigenvalue weighted by atomic mass is 9.85. The molecule has 1 heterocycles. The Kier molecular flexibility index (Phi) is 5.78. The molecule has 2 aromatic carbocycles. The number of halogens is 1. The molecule has 1 fully saturated rings. The predicted molar refractivity (Wildman–Crippen MR) is 104 cm³/mol. The lowest BCUT2D eigenvalue weighted by Crippen LogP contribution is -2.52. The van der Waals surface area contributed by atoms with Gasteiger partial charge in [0.15, 0.2) is 0 Å². The second kappa shape index (κ2) is 8.23. The first kappa shape index (κ1) is 18.3. The van der Waals surface area contributed by atoms with Crippen molar-refractivity contribution >= 4 is 29.2 Å². The molecule has 6 heteroatoms. The smallest absolute Gasteiger partial charge is 0.319 e. The van der Waals surface area contributed by atoms with Gasteiger partial charge < -0.3 is 16.0 Å². The molecule has 3 rings (SSSR count). The minimum atomic E-state index is -0.302. The van der Waals surface area contributed by atoms with E-state index in [1.807, 2.05) is 12.1 Å². The van der Waals surface area contributed by atoms with Crippen molar-refractivity contribution in [2.75, 3.05) is 11.9 Å². The van der Waals surface area contributed by atoms with Gasteiger partial charge >= 0.3 is 6.03 Å². The lowest BCUT2D eigenvalue weighted by molar-refractivity contribution is -0.123. The van der Waals surface area contributed by atoms with E-state index in [1.54, 1.807) is 24.3 Å². The molecule has 1 aliphatic rings. The summed E-state index contributed by atoms with van der Waals surface area (Å²) in [5.74, 6) is -0.0450. The van der Waals surface area contributed by atoms with Crippen LogP contribution in [0.1, 0.15) is 30.4 Å². The van der Waals surface area contributed by atoms with Crippen LogP contribution in [0.2, 0.25) is 5.02 Å². The van der Waals surface area contributed by atoms with Gasteiger partial charge in [0.05, 0.1) is 6.04 Å². The van der Waals surface area contributed by atoms with Crippen LogP contribution in [0.3, 0.4) is 0 Å². The first-order valence-corrected chi connectivity index (χ1v) is 9.11. The molecule has 2 aromatic rings. The van der Waals surface area contributed by atoms with Crippen molar-refractivity contribution in [2.45, 2.75) is 31.7 Å². The number of hydrogen-bond donors (Lipinski definition) is 3. The van der Waals surface area contributed by atoms with Gasteiger partial charge in [-0.1, -0.05) is 42.8 Å². The number of aryl methyl sites for hydroxylation is 1. The van der Waals surface area contributed by atoms with Gasteiger partial charge in [0.1, 0.15) is 0 Å². The molecule has 0 spiro atoms. The predicted octanol–water partition coefficient (Wildman–Crippen LogP) is 3.70. The Balaban J connectivity index is 1.69. The maximum atomic E-state index is 12.4. The second-order valence-electron chi connectivity index (χ2n) is 6.42. The van der Waals surface area contributed by atoms with Gasteiger partial charge in [-0.05, 0) is 41.8 Å². The van der Waals surface area contributed by atoms with Crippen molar-refractivity contribution in [1.29, 1.82) is 0 Å². The van der Waals surface area contributed by atoms with Gasteiger partial charge in [0.25, 0.3) is 0 Å². The Hall–Kier alpha value is -2.53. The van der Waals surface area contributed by atoms with Crippen molar-refractivity contribution in [3.63, 3.8) is 0 Å². The average molecular weight is 372 g/mol. The molecule has 0 aliphatic carbocycles. The molecule has 2 atom stereocenters. The molecule has 1 saturated heterocycles. The zero-order chi connectivity index (χ0) is 18.5. The Morgan fingerprint density at radius 1 is 1.15 bits per heavy atom. The van der Waals surface area contributed by atoms with E-state index in [0.29, 0.717) is 23.7 Å². The average Bonchev–Trinajstić information content (AvgIpc) is 2.65. The van der Waals surface area contributed by atoms with Gasteiger partial charge in [0, 0.05) is 29.6 Å². The minimum Gasteiger partial charge on any atom is -0.354 e. The summed E-state index contributed by atoms with van der Waals surface area (Å²) in [5, 5.41) is 9.22. The zero-order valence-electron chi connectivity index (χ0n) is 14.6. The van der Waals surface area contributed by atoms with E-state index in [4.69, 9.17) is 11.6 Å². The quantitative estimate of drug-likeness (QED) is 0.767. The van der Waals surface area contributed by atoms with E-state index in [9.17, 15) is 9.59 Å². The van der Waals surface area contributed by atoms with Gasteiger partial charge in [-0.25, -0.2) is 4.79 Å². The normalized spacial score (nSPS) is 19.5. The van der Waals surface area contributed by atoms with E-state index in [1.165, 1.54) is 5.56 Å². The highest BCUT2D eigenvalue weighted by Crippen LogP contribution is 2.27. The highest BCUT2D eigenvalue weighted by molar-refractivity contribution is 6.30. The highest BCUT2D eigenvalue weighted by Gasteiger charge is 2.31. The van der Waals surface area contributed by atoms with Crippen molar-refractivity contribution in [3.05, 3.63) is 64.7 Å². The topological polar surface area (TPSA) is 70.2 Å². The number of piperidine rings is 1. The second-order valence-corrected chi connectivity index (χ2v) is 6.86. The number of nitrogens with one attached hydrogen (secondary N) is 3. The maximum absolute atomic E-state index is 12.4. The monoisotopic (exact) mass is 371 g/mol. The van der Waals surface area contributed by atoms with Crippen LogP contribution < -0.4 is 16.0 Å². The first-order valence-electron chi connectivity index (χ1n) is 8.73. The Labute approximate surface area is 158 Å². The van der Waals surface area contributed by atoms with Crippen molar-refractivity contribution in [2.24, 2.45) is 0 Å². The van der Waals surface area contributed by atoms with Crippen LogP contribution in [0.15, 0.2) is 48.5 Å². The van der Waals surface area contributed by atoms with Crippen LogP contribution in [0.25, 0.3) is 0 Å². The number of urea groups is 1. The van der Waals surface area contributed by atoms with Crippen LogP contribution in [0.4, 0.5) is 10.5 Å². The zero-order valence-corrected chi connectivity index (χ0v) is 15.3. The highest BCUT2D eigenvalue weighted by atomic mass is 35.5. The molecule has 3 amide bonds. The fraction of sp³-hybridized carbons (Fsp3) is 0.300. The van der Waals surface area contributed by atoms with E-state index in [2.05, 4.69) is 35.0 Å². The van der Waals surface area contributed by atoms with Crippen LogP contribution in [0, 0.1) is 0 Å². The van der Waals surface area contributed by atoms with Crippen molar-refractivity contribution < 1.29 is 9.59 Å². The number of rotatable bonds is 4. The largest absolute Gasteiger partial charge is 0.354 e. The molecule has 0 bridgehead atoms. The fourth-order valence-corrected chi connectivity index (χ4v) is 3.28. The van der Waals surface area contributed by atoms with Crippen molar-refractivity contribution in [3.8, 4) is 0 Å². The summed E-state index contributed by atoms with van der Waals surface area (Å²) >= 11 is 5.86. The number of benzene rings is 2. The fourth-order valence-electron chi connectivity index (χ4n) is 3.15. The van der Waals surface area contributed by atoms with E-state index in [-0.39, 0.29) is 23.9 Å². The van der Waals surface area contributed by atoms with E-state index < -0.39 is 0 Å². The molecule has 0 saturated carbocycles. The Bertz CT molecular complexity index is 775. The summed E-state index contributed by atoms with van der Waals surface area (Å²) in [7, 11) is 0. The molecular weight excluding hydrogens is 350 g/mol. The summed E-state index contributed by atoms with van der Waals surface area (Å²) in [6.07, 6.45) is 1.33. The molecule has 1 aliphatic heterocycles. The van der Waals surface area contributed by atoms with Gasteiger partial charge in [0.2, 0.25) is 5.91 Å². The molecule has 5 nitrogen and oxygen atoms in total. The number of carbonyl (C=O) groups is 2. The van der Waals surface area contributed by atoms with Gasteiger partial charge in [-0.15, -0.1) is 0 Å². The van der Waals surface area contributed by atoms with Crippen LogP contribution in [-0.2, 0) is 11.2 Å². The minimum absolute atomic E-state index is 0.00530. The molecule has 3 N–H and O–H groups in total. The van der Waals surface area contributed by atoms with E-state index in [0.717, 1.165) is 12.0 Å². The third-order valence-electron chi connectivity index (χ3n) is 4.64. The standard InChI is InChI=1S/C20H22ClN3O2/c1-2-13-3-5-14(6-4-13)17-11-19(25)22-12-18(17)24-20(26)23-16-9-7-15(21)8-10-16/h3-10,17-18H,2,11-12H2,1H3,(H,22,25)(H2,23,24,26)/t17?,18-/m1/s1. The van der Waals surface area contributed by atoms with Crippen LogP contribution in [0.5, 0.6) is 0 Å². The lowest BCUT2D eigenvalue weighted by Gasteiger charge is -2.32. The summed E-state index contributed by atoms with van der Waals surface area (Å²) in [6, 6.07) is 14.7. The summed E-state index contributed by atoms with van der Waals surface area (Å²) in [4.78, 5) is 24.2. The summed E-state index contributed by atoms with van der Waals surface area (Å²) < 4.78 is 0. The van der Waals surface area contributed by atoms with Gasteiger partial charge in [-0.3, -0.25) is 4.79 Å². The van der Waals surface area contributed by atoms with E-state index >= 15 is 0 Å². The Morgan fingerprint density at radius 2 is 1.85 bits per heavy atom. The molecule has 0 radical (unpaired) electrons. The number of amides is 3. The third kappa shape index (κ3) is 4.55. The van der Waals surface area contributed by atoms with Crippen molar-refractivity contribution in [1.82, 2.24) is 10.6 Å². The third-order valence-corrected chi connectivity index (χ3v) is 4.90. The number of hydrogen-bond acceptors (Lipinski definition) is 2. The van der Waals surface area contributed by atoms with Gasteiger partial charge in [-0.2, -0.15) is 0 Å².